The van der Waals surface area contributed by atoms with E-state index < -0.39 is 40.6 Å². The molecule has 0 bridgehead atoms. The van der Waals surface area contributed by atoms with Gasteiger partial charge in [0.1, 0.15) is 23.4 Å². The molecule has 2 aliphatic heterocycles. The lowest BCUT2D eigenvalue weighted by molar-refractivity contribution is -0.122. The summed E-state index contributed by atoms with van der Waals surface area (Å²) in [5.74, 6) is -3.17. The predicted octanol–water partition coefficient (Wildman–Crippen LogP) is 5.04. The van der Waals surface area contributed by atoms with Crippen molar-refractivity contribution in [1.82, 2.24) is 4.57 Å². The molecule has 1 saturated heterocycles. The third-order valence-corrected chi connectivity index (χ3v) is 10.6. The number of imide groups is 1. The number of aromatic nitrogens is 1. The van der Waals surface area contributed by atoms with Gasteiger partial charge in [-0.25, -0.2) is 9.29 Å². The minimum absolute atomic E-state index is 0.0544. The van der Waals surface area contributed by atoms with Gasteiger partial charge in [-0.1, -0.05) is 35.2 Å². The molecule has 3 atom stereocenters. The third-order valence-electron chi connectivity index (χ3n) is 7.97. The summed E-state index contributed by atoms with van der Waals surface area (Å²) >= 11 is 2.09. The summed E-state index contributed by atoms with van der Waals surface area (Å²) in [6.45, 7) is 5.48. The number of hydrogen-bond acceptors (Lipinski definition) is 8. The number of anilines is 3. The van der Waals surface area contributed by atoms with Crippen LogP contribution in [0.4, 0.5) is 21.5 Å². The van der Waals surface area contributed by atoms with E-state index in [1.807, 2.05) is 24.3 Å². The van der Waals surface area contributed by atoms with E-state index in [0.29, 0.717) is 15.6 Å². The lowest BCUT2D eigenvalue weighted by atomic mass is 9.83. The lowest BCUT2D eigenvalue weighted by Gasteiger charge is -2.31. The SMILES string of the molecule is CCN(CC)c1ccc([C@@H]2c3sc(=O)n(CC(=O)Nc4ccc(O)cc4)c3S[C@H]3C(=O)N(c4ccc(F)cc4)C(=O)[C@@H]23)cc1. The zero-order valence-corrected chi connectivity index (χ0v) is 25.5. The van der Waals surface area contributed by atoms with E-state index in [-0.39, 0.29) is 22.9 Å². The first-order chi connectivity index (χ1) is 21.2. The highest BCUT2D eigenvalue weighted by Gasteiger charge is 2.56. The Hall–Kier alpha value is -4.42. The fraction of sp³-hybridized carbons (Fsp3) is 0.250. The smallest absolute Gasteiger partial charge is 0.308 e. The van der Waals surface area contributed by atoms with Gasteiger partial charge >= 0.3 is 4.87 Å². The zero-order chi connectivity index (χ0) is 31.1. The number of hydrogen-bond donors (Lipinski definition) is 2. The summed E-state index contributed by atoms with van der Waals surface area (Å²) in [7, 11) is 0. The van der Waals surface area contributed by atoms with E-state index in [2.05, 4.69) is 24.1 Å². The number of phenols is 1. The molecule has 0 radical (unpaired) electrons. The van der Waals surface area contributed by atoms with Gasteiger partial charge in [-0.15, -0.1) is 0 Å². The van der Waals surface area contributed by atoms with Crippen molar-refractivity contribution in [2.75, 3.05) is 28.2 Å². The van der Waals surface area contributed by atoms with Crippen LogP contribution in [-0.4, -0.2) is 45.7 Å². The highest BCUT2D eigenvalue weighted by atomic mass is 32.2. The van der Waals surface area contributed by atoms with Gasteiger partial charge in [-0.2, -0.15) is 0 Å². The van der Waals surface area contributed by atoms with Gasteiger partial charge in [-0.05, 0) is 80.1 Å². The second kappa shape index (κ2) is 11.9. The monoisotopic (exact) mass is 632 g/mol. The van der Waals surface area contributed by atoms with Crippen LogP contribution in [0.1, 0.15) is 30.2 Å². The van der Waals surface area contributed by atoms with Crippen molar-refractivity contribution in [2.45, 2.75) is 36.6 Å². The summed E-state index contributed by atoms with van der Waals surface area (Å²) < 4.78 is 15.0. The van der Waals surface area contributed by atoms with Crippen LogP contribution in [0.25, 0.3) is 0 Å². The fourth-order valence-corrected chi connectivity index (χ4v) is 8.60. The van der Waals surface area contributed by atoms with E-state index >= 15 is 0 Å². The molecule has 1 fully saturated rings. The minimum Gasteiger partial charge on any atom is -0.508 e. The fourth-order valence-electron chi connectivity index (χ4n) is 5.83. The van der Waals surface area contributed by atoms with Crippen molar-refractivity contribution in [3.8, 4) is 5.75 Å². The number of carbonyl (C=O) groups excluding carboxylic acids is 3. The summed E-state index contributed by atoms with van der Waals surface area (Å²) in [5, 5.41) is 11.9. The van der Waals surface area contributed by atoms with E-state index in [0.717, 1.165) is 52.3 Å². The molecule has 3 amide bonds. The number of thioether (sulfide) groups is 1. The number of nitrogens with zero attached hydrogens (tertiary/aromatic N) is 3. The predicted molar refractivity (Wildman–Crippen MR) is 169 cm³/mol. The largest absolute Gasteiger partial charge is 0.508 e. The molecule has 2 N–H and O–H groups in total. The number of amides is 3. The molecule has 9 nitrogen and oxygen atoms in total. The standard InChI is InChI=1S/C32H29FN4O5S2/c1-3-35(4-2)21-11-5-18(6-12-21)25-26-27(30(41)37(29(26)40)22-13-7-19(33)8-14-22)43-31-28(25)44-32(42)36(31)17-24(39)34-20-9-15-23(38)16-10-20/h5-16,25-27,38H,3-4,17H2,1-2H3,(H,34,39)/t25-,26-,27+/m0/s1. The van der Waals surface area contributed by atoms with E-state index in [1.165, 1.54) is 41.0 Å². The molecule has 6 rings (SSSR count). The number of benzene rings is 3. The van der Waals surface area contributed by atoms with E-state index in [9.17, 15) is 28.7 Å². The molecule has 3 aromatic carbocycles. The Morgan fingerprint density at radius 2 is 1.59 bits per heavy atom. The molecule has 2 aliphatic rings. The lowest BCUT2D eigenvalue weighted by Crippen LogP contribution is -2.33. The van der Waals surface area contributed by atoms with Crippen LogP contribution >= 0.6 is 23.1 Å². The summed E-state index contributed by atoms with van der Waals surface area (Å²) in [6.07, 6.45) is 0. The normalized spacial score (nSPS) is 19.1. The Morgan fingerprint density at radius 3 is 2.23 bits per heavy atom. The highest BCUT2D eigenvalue weighted by Crippen LogP contribution is 2.54. The van der Waals surface area contributed by atoms with Crippen molar-refractivity contribution < 1.29 is 23.9 Å². The van der Waals surface area contributed by atoms with Crippen molar-refractivity contribution in [1.29, 1.82) is 0 Å². The van der Waals surface area contributed by atoms with Gasteiger partial charge in [0, 0.05) is 35.3 Å². The van der Waals surface area contributed by atoms with Gasteiger partial charge in [0.05, 0.1) is 16.6 Å². The molecule has 0 saturated carbocycles. The van der Waals surface area contributed by atoms with E-state index in [4.69, 9.17) is 0 Å². The Kier molecular flexibility index (Phi) is 8.04. The number of halogens is 1. The molecule has 0 aliphatic carbocycles. The summed E-state index contributed by atoms with van der Waals surface area (Å²) in [5.41, 5.74) is 2.53. The Bertz CT molecular complexity index is 1780. The van der Waals surface area contributed by atoms with Gasteiger partial charge in [0.25, 0.3) is 0 Å². The molecule has 3 heterocycles. The van der Waals surface area contributed by atoms with Crippen LogP contribution in [0.5, 0.6) is 5.75 Å². The van der Waals surface area contributed by atoms with Crippen molar-refractivity contribution in [3.63, 3.8) is 0 Å². The van der Waals surface area contributed by atoms with Crippen LogP contribution in [0, 0.1) is 11.7 Å². The highest BCUT2D eigenvalue weighted by molar-refractivity contribution is 8.00. The number of nitrogens with one attached hydrogen (secondary N) is 1. The number of aromatic hydroxyl groups is 1. The number of thiazole rings is 1. The molecular formula is C32H29FN4O5S2. The van der Waals surface area contributed by atoms with Crippen molar-refractivity contribution in [2.24, 2.45) is 5.92 Å². The maximum atomic E-state index is 14.0. The van der Waals surface area contributed by atoms with Crippen LogP contribution in [0.2, 0.25) is 0 Å². The number of carbonyl (C=O) groups is 3. The number of fused-ring (bicyclic) bond motifs is 2. The van der Waals surface area contributed by atoms with Gasteiger partial charge < -0.3 is 15.3 Å². The first-order valence-electron chi connectivity index (χ1n) is 14.2. The second-order valence-corrected chi connectivity index (χ2v) is 12.6. The second-order valence-electron chi connectivity index (χ2n) is 10.5. The van der Waals surface area contributed by atoms with Gasteiger partial charge in [0.15, 0.2) is 0 Å². The molecule has 4 aromatic rings. The van der Waals surface area contributed by atoms with Crippen molar-refractivity contribution in [3.05, 3.63) is 98.7 Å². The van der Waals surface area contributed by atoms with Gasteiger partial charge in [0.2, 0.25) is 17.7 Å². The number of rotatable bonds is 8. The average molecular weight is 633 g/mol. The molecule has 12 heteroatoms. The Balaban J connectivity index is 1.41. The van der Waals surface area contributed by atoms with Crippen LogP contribution in [0.15, 0.2) is 82.6 Å². The van der Waals surface area contributed by atoms with Crippen LogP contribution < -0.4 is 20.0 Å². The topological polar surface area (TPSA) is 112 Å². The molecular weight excluding hydrogens is 604 g/mol. The summed E-state index contributed by atoms with van der Waals surface area (Å²) in [6, 6.07) is 19.0. The maximum absolute atomic E-state index is 14.0. The minimum atomic E-state index is -0.854. The summed E-state index contributed by atoms with van der Waals surface area (Å²) in [4.78, 5) is 57.8. The molecule has 0 spiro atoms. The van der Waals surface area contributed by atoms with Crippen molar-refractivity contribution >= 4 is 57.9 Å². The molecule has 226 valence electrons. The van der Waals surface area contributed by atoms with Crippen LogP contribution in [-0.2, 0) is 20.9 Å². The maximum Gasteiger partial charge on any atom is 0.308 e. The molecule has 0 unspecified atom stereocenters. The van der Waals surface area contributed by atoms with Crippen LogP contribution in [0.3, 0.4) is 0 Å². The van der Waals surface area contributed by atoms with E-state index in [1.54, 1.807) is 12.1 Å². The third kappa shape index (κ3) is 5.28. The number of phenolic OH excluding ortho intramolecular Hbond substituents is 1. The quantitative estimate of drug-likeness (QED) is 0.207. The molecule has 44 heavy (non-hydrogen) atoms. The Morgan fingerprint density at radius 1 is 0.932 bits per heavy atom. The Labute approximate surface area is 260 Å². The first kappa shape index (κ1) is 29.6. The average Bonchev–Trinajstić information content (AvgIpc) is 3.46. The zero-order valence-electron chi connectivity index (χ0n) is 23.9. The first-order valence-corrected chi connectivity index (χ1v) is 15.9. The molecule has 1 aromatic heterocycles. The van der Waals surface area contributed by atoms with Gasteiger partial charge in [-0.3, -0.25) is 23.7 Å².